The largest absolute Gasteiger partial charge is 0.323 e. The third-order valence-electron chi connectivity index (χ3n) is 3.59. The molecule has 3 rings (SSSR count). The molecule has 3 aromatic rings. The van der Waals surface area contributed by atoms with Crippen LogP contribution in [0.4, 0.5) is 5.69 Å². The van der Waals surface area contributed by atoms with E-state index in [2.05, 4.69) is 46.5 Å². The van der Waals surface area contributed by atoms with Crippen LogP contribution in [0.25, 0.3) is 11.4 Å². The first-order valence-electron chi connectivity index (χ1n) is 8.07. The molecule has 0 saturated carbocycles. The minimum Gasteiger partial charge on any atom is -0.323 e. The Balaban J connectivity index is 1.48. The average molecular weight is 349 g/mol. The van der Waals surface area contributed by atoms with E-state index in [9.17, 15) is 4.79 Å². The van der Waals surface area contributed by atoms with Crippen molar-refractivity contribution in [1.29, 1.82) is 0 Å². The van der Waals surface area contributed by atoms with Crippen molar-refractivity contribution in [1.82, 2.24) is 9.97 Å². The Morgan fingerprint density at radius 2 is 1.68 bits per heavy atom. The molecule has 25 heavy (non-hydrogen) atoms. The monoisotopic (exact) mass is 349 g/mol. The second kappa shape index (κ2) is 8.44. The average Bonchev–Trinajstić information content (AvgIpc) is 2.65. The molecule has 5 heteroatoms. The molecular weight excluding hydrogens is 330 g/mol. The van der Waals surface area contributed by atoms with Gasteiger partial charge < -0.3 is 5.32 Å². The van der Waals surface area contributed by atoms with Crippen LogP contribution in [0, 0.1) is 6.92 Å². The van der Waals surface area contributed by atoms with Gasteiger partial charge in [0.25, 0.3) is 0 Å². The number of thioether (sulfide) groups is 1. The number of carbonyl (C=O) groups excluding carboxylic acids is 1. The minimum atomic E-state index is -0.0318. The molecule has 0 spiro atoms. The molecule has 4 nitrogen and oxygen atoms in total. The molecule has 1 N–H and O–H groups in total. The van der Waals surface area contributed by atoms with Crippen molar-refractivity contribution in [3.05, 3.63) is 72.6 Å². The quantitative estimate of drug-likeness (QED) is 0.662. The number of aryl methyl sites for hydroxylation is 1. The maximum Gasteiger partial charge on any atom is 0.225 e. The van der Waals surface area contributed by atoms with E-state index in [1.165, 1.54) is 10.5 Å². The predicted octanol–water partition coefficient (Wildman–Crippen LogP) is 4.57. The number of aromatic nitrogens is 2. The summed E-state index contributed by atoms with van der Waals surface area (Å²) >= 11 is 1.68. The molecule has 1 amide bonds. The van der Waals surface area contributed by atoms with Crippen LogP contribution in [0.1, 0.15) is 12.0 Å². The smallest absolute Gasteiger partial charge is 0.225 e. The zero-order valence-electron chi connectivity index (χ0n) is 14.0. The number of anilines is 1. The molecule has 126 valence electrons. The number of hydrogen-bond acceptors (Lipinski definition) is 4. The lowest BCUT2D eigenvalue weighted by atomic mass is 10.2. The molecule has 0 atom stereocenters. The fourth-order valence-electron chi connectivity index (χ4n) is 2.25. The molecule has 0 bridgehead atoms. The summed E-state index contributed by atoms with van der Waals surface area (Å²) in [6.07, 6.45) is 3.72. The zero-order chi connectivity index (χ0) is 17.5. The van der Waals surface area contributed by atoms with Crippen molar-refractivity contribution in [2.45, 2.75) is 18.2 Å². The van der Waals surface area contributed by atoms with E-state index >= 15 is 0 Å². The molecule has 0 aliphatic rings. The molecule has 0 saturated heterocycles. The van der Waals surface area contributed by atoms with Crippen LogP contribution in [-0.2, 0) is 4.79 Å². The Bertz CT molecular complexity index is 818. The van der Waals surface area contributed by atoms with Gasteiger partial charge in [-0.2, -0.15) is 0 Å². The molecule has 2 aromatic carbocycles. The van der Waals surface area contributed by atoms with E-state index in [0.29, 0.717) is 17.9 Å². The van der Waals surface area contributed by atoms with E-state index in [1.807, 2.05) is 30.3 Å². The van der Waals surface area contributed by atoms with Gasteiger partial charge >= 0.3 is 0 Å². The minimum absolute atomic E-state index is 0.0318. The van der Waals surface area contributed by atoms with Gasteiger partial charge in [-0.15, -0.1) is 11.8 Å². The highest BCUT2D eigenvalue weighted by molar-refractivity contribution is 7.99. The highest BCUT2D eigenvalue weighted by Crippen LogP contribution is 2.19. The lowest BCUT2D eigenvalue weighted by Crippen LogP contribution is -2.12. The summed E-state index contributed by atoms with van der Waals surface area (Å²) in [5.41, 5.74) is 2.81. The van der Waals surface area contributed by atoms with Crippen molar-refractivity contribution >= 4 is 23.4 Å². The van der Waals surface area contributed by atoms with Crippen LogP contribution in [0.15, 0.2) is 71.9 Å². The van der Waals surface area contributed by atoms with Crippen LogP contribution >= 0.6 is 11.8 Å². The number of nitrogens with one attached hydrogen (secondary N) is 1. The second-order valence-corrected chi connectivity index (χ2v) is 6.79. The van der Waals surface area contributed by atoms with E-state index in [4.69, 9.17) is 0 Å². The molecule has 1 heterocycles. The summed E-state index contributed by atoms with van der Waals surface area (Å²) in [4.78, 5) is 21.8. The van der Waals surface area contributed by atoms with Gasteiger partial charge in [0, 0.05) is 22.6 Å². The molecule has 0 unspecified atom stereocenters. The first-order chi connectivity index (χ1) is 12.2. The van der Waals surface area contributed by atoms with Crippen LogP contribution in [0.5, 0.6) is 0 Å². The van der Waals surface area contributed by atoms with Crippen LogP contribution in [0.3, 0.4) is 0 Å². The molecule has 0 aliphatic heterocycles. The fourth-order valence-corrected chi connectivity index (χ4v) is 3.10. The number of nitrogens with zero attached hydrogens (tertiary/aromatic N) is 2. The zero-order valence-corrected chi connectivity index (χ0v) is 14.8. The van der Waals surface area contributed by atoms with Gasteiger partial charge in [0.05, 0.1) is 18.1 Å². The summed E-state index contributed by atoms with van der Waals surface area (Å²) in [5, 5.41) is 2.84. The fraction of sp³-hybridized carbons (Fsp3) is 0.150. The molecule has 1 aromatic heterocycles. The highest BCUT2D eigenvalue weighted by Gasteiger charge is 2.05. The Labute approximate surface area is 151 Å². The summed E-state index contributed by atoms with van der Waals surface area (Å²) in [7, 11) is 0. The van der Waals surface area contributed by atoms with E-state index in [0.717, 1.165) is 11.3 Å². The van der Waals surface area contributed by atoms with Gasteiger partial charge in [-0.3, -0.25) is 4.79 Å². The Morgan fingerprint density at radius 1 is 1.00 bits per heavy atom. The van der Waals surface area contributed by atoms with Crippen molar-refractivity contribution < 1.29 is 4.79 Å². The van der Waals surface area contributed by atoms with E-state index in [-0.39, 0.29) is 5.91 Å². The van der Waals surface area contributed by atoms with Gasteiger partial charge in [0.1, 0.15) is 0 Å². The van der Waals surface area contributed by atoms with Gasteiger partial charge in [-0.1, -0.05) is 48.0 Å². The van der Waals surface area contributed by atoms with Gasteiger partial charge in [0.2, 0.25) is 5.91 Å². The summed E-state index contributed by atoms with van der Waals surface area (Å²) in [6.45, 7) is 2.06. The topological polar surface area (TPSA) is 54.9 Å². The Morgan fingerprint density at radius 3 is 2.36 bits per heavy atom. The van der Waals surface area contributed by atoms with Gasteiger partial charge in [-0.05, 0) is 19.1 Å². The number of carbonyl (C=O) groups is 1. The SMILES string of the molecule is Cc1ccc(SCCC(=O)Nc2cnc(-c3ccccc3)nc2)cc1. The molecule has 0 radical (unpaired) electrons. The predicted molar refractivity (Wildman–Crippen MR) is 103 cm³/mol. The van der Waals surface area contributed by atoms with Crippen molar-refractivity contribution in [3.63, 3.8) is 0 Å². The summed E-state index contributed by atoms with van der Waals surface area (Å²) in [5.74, 6) is 1.35. The number of amides is 1. The molecule has 0 fully saturated rings. The number of hydrogen-bond donors (Lipinski definition) is 1. The third kappa shape index (κ3) is 5.16. The van der Waals surface area contributed by atoms with Crippen LogP contribution in [-0.4, -0.2) is 21.6 Å². The van der Waals surface area contributed by atoms with Crippen molar-refractivity contribution in [3.8, 4) is 11.4 Å². The lowest BCUT2D eigenvalue weighted by molar-refractivity contribution is -0.115. The maximum absolute atomic E-state index is 12.0. The number of rotatable bonds is 6. The van der Waals surface area contributed by atoms with E-state index in [1.54, 1.807) is 24.2 Å². The second-order valence-electron chi connectivity index (χ2n) is 5.62. The van der Waals surface area contributed by atoms with Gasteiger partial charge in [-0.25, -0.2) is 9.97 Å². The Kier molecular flexibility index (Phi) is 5.80. The Hall–Kier alpha value is -2.66. The third-order valence-corrected chi connectivity index (χ3v) is 4.60. The lowest BCUT2D eigenvalue weighted by Gasteiger charge is -2.06. The van der Waals surface area contributed by atoms with Crippen molar-refractivity contribution in [2.75, 3.05) is 11.1 Å². The van der Waals surface area contributed by atoms with Crippen molar-refractivity contribution in [2.24, 2.45) is 0 Å². The number of benzene rings is 2. The van der Waals surface area contributed by atoms with Gasteiger partial charge in [0.15, 0.2) is 5.82 Å². The molecular formula is C20H19N3OS. The van der Waals surface area contributed by atoms with Crippen LogP contribution < -0.4 is 5.32 Å². The first-order valence-corrected chi connectivity index (χ1v) is 9.06. The maximum atomic E-state index is 12.0. The first kappa shape index (κ1) is 17.2. The summed E-state index contributed by atoms with van der Waals surface area (Å²) in [6, 6.07) is 18.1. The highest BCUT2D eigenvalue weighted by atomic mass is 32.2. The summed E-state index contributed by atoms with van der Waals surface area (Å²) < 4.78 is 0. The van der Waals surface area contributed by atoms with Crippen LogP contribution in [0.2, 0.25) is 0 Å². The molecule has 0 aliphatic carbocycles. The normalized spacial score (nSPS) is 10.4. The van der Waals surface area contributed by atoms with E-state index < -0.39 is 0 Å². The standard InChI is InChI=1S/C20H19N3OS/c1-15-7-9-18(10-8-15)25-12-11-19(24)23-17-13-21-20(22-14-17)16-5-3-2-4-6-16/h2-10,13-14H,11-12H2,1H3,(H,23,24).